The molecule has 3 aliphatic heterocycles. The Kier molecular flexibility index (Phi) is 4.51. The highest BCUT2D eigenvalue weighted by molar-refractivity contribution is 6.26. The molecule has 0 N–H and O–H groups in total. The maximum absolute atomic E-state index is 13.4. The predicted molar refractivity (Wildman–Crippen MR) is 102 cm³/mol. The van der Waals surface area contributed by atoms with Crippen molar-refractivity contribution in [2.45, 2.75) is 51.1 Å². The third-order valence-electron chi connectivity index (χ3n) is 6.78. The quantitative estimate of drug-likeness (QED) is 0.371. The molecule has 33 heavy (non-hydrogen) atoms. The summed E-state index contributed by atoms with van der Waals surface area (Å²) in [6.07, 6.45) is -4.94. The van der Waals surface area contributed by atoms with Crippen LogP contribution in [-0.4, -0.2) is 45.5 Å². The van der Waals surface area contributed by atoms with E-state index in [1.54, 1.807) is 0 Å². The van der Waals surface area contributed by atoms with Crippen LogP contribution in [0.4, 0.5) is 18.9 Å². The summed E-state index contributed by atoms with van der Waals surface area (Å²) in [7, 11) is 0. The van der Waals surface area contributed by atoms with Gasteiger partial charge in [0.05, 0.1) is 40.8 Å². The van der Waals surface area contributed by atoms with Crippen LogP contribution in [0.3, 0.4) is 0 Å². The number of carbonyl (C=O) groups excluding carboxylic acids is 4. The van der Waals surface area contributed by atoms with Crippen molar-refractivity contribution in [1.82, 2.24) is 0 Å². The van der Waals surface area contributed by atoms with Crippen LogP contribution in [-0.2, 0) is 30.1 Å². The number of alkyl halides is 3. The van der Waals surface area contributed by atoms with Gasteiger partial charge in [-0.05, 0) is 45.9 Å². The van der Waals surface area contributed by atoms with Crippen LogP contribution in [0.1, 0.15) is 38.8 Å². The molecule has 0 saturated carbocycles. The third-order valence-corrected chi connectivity index (χ3v) is 6.78. The van der Waals surface area contributed by atoms with E-state index in [0.717, 1.165) is 26.0 Å². The van der Waals surface area contributed by atoms with Crippen molar-refractivity contribution in [2.24, 2.45) is 11.8 Å². The van der Waals surface area contributed by atoms with Gasteiger partial charge in [0.2, 0.25) is 11.8 Å². The van der Waals surface area contributed by atoms with E-state index in [0.29, 0.717) is 11.0 Å². The van der Waals surface area contributed by atoms with Crippen molar-refractivity contribution in [3.05, 3.63) is 34.5 Å². The molecular formula is C21H18F3N3O6. The normalized spacial score (nSPS) is 35.9. The second-order valence-electron chi connectivity index (χ2n) is 8.98. The fourth-order valence-corrected chi connectivity index (χ4v) is 5.18. The number of quaternary nitrogens is 1. The molecule has 0 radical (unpaired) electrons. The van der Waals surface area contributed by atoms with Crippen LogP contribution in [0.5, 0.6) is 0 Å². The average Bonchev–Trinajstić information content (AvgIpc) is 3.14. The number of rotatable bonds is 2. The van der Waals surface area contributed by atoms with E-state index >= 15 is 0 Å². The Hall–Kier alpha value is -3.14. The summed E-state index contributed by atoms with van der Waals surface area (Å²) in [6.45, 7) is 4.99. The average molecular weight is 465 g/mol. The summed E-state index contributed by atoms with van der Waals surface area (Å²) < 4.78 is 44.0. The minimum atomic E-state index is -4.94. The molecule has 0 aliphatic carbocycles. The van der Waals surface area contributed by atoms with Gasteiger partial charge >= 0.3 is 18.0 Å². The molecule has 3 aliphatic rings. The molecule has 1 unspecified atom stereocenters. The molecule has 3 saturated heterocycles. The lowest BCUT2D eigenvalue weighted by molar-refractivity contribution is -0.764. The number of hydrogen-bond acceptors (Lipinski definition) is 7. The van der Waals surface area contributed by atoms with Gasteiger partial charge in [-0.25, -0.2) is 19.1 Å². The van der Waals surface area contributed by atoms with Crippen molar-refractivity contribution in [3.63, 3.8) is 0 Å². The largest absolute Gasteiger partial charge is 0.617 e. The summed E-state index contributed by atoms with van der Waals surface area (Å²) in [5.74, 6) is -7.77. The maximum Gasteiger partial charge on any atom is 0.417 e. The summed E-state index contributed by atoms with van der Waals surface area (Å²) in [5.41, 5.74) is -6.81. The van der Waals surface area contributed by atoms with Crippen molar-refractivity contribution < 1.29 is 41.7 Å². The number of fused-ring (bicyclic) bond motifs is 5. The first-order chi connectivity index (χ1) is 15.1. The molecule has 1 aromatic rings. The van der Waals surface area contributed by atoms with E-state index in [4.69, 9.17) is 10.00 Å². The summed E-state index contributed by atoms with van der Waals surface area (Å²) >= 11 is 0. The van der Waals surface area contributed by atoms with Gasteiger partial charge in [0.25, 0.3) is 0 Å². The zero-order valence-corrected chi connectivity index (χ0v) is 17.9. The van der Waals surface area contributed by atoms with Gasteiger partial charge in [-0.15, -0.1) is 0 Å². The maximum atomic E-state index is 13.4. The van der Waals surface area contributed by atoms with Crippen LogP contribution in [0.25, 0.3) is 0 Å². The van der Waals surface area contributed by atoms with E-state index in [1.807, 2.05) is 0 Å². The van der Waals surface area contributed by atoms with Crippen LogP contribution in [0.15, 0.2) is 18.2 Å². The molecule has 3 fully saturated rings. The molecule has 3 heterocycles. The zero-order valence-electron chi connectivity index (χ0n) is 17.9. The first-order valence-electron chi connectivity index (χ1n) is 9.95. The zero-order chi connectivity index (χ0) is 24.9. The van der Waals surface area contributed by atoms with E-state index in [9.17, 15) is 37.6 Å². The minimum absolute atomic E-state index is 0.464. The number of amides is 4. The van der Waals surface area contributed by atoms with Gasteiger partial charge < -0.3 is 9.94 Å². The number of ether oxygens (including phenoxy) is 1. The van der Waals surface area contributed by atoms with Crippen LogP contribution in [0.2, 0.25) is 0 Å². The van der Waals surface area contributed by atoms with Gasteiger partial charge in [-0.1, -0.05) is 0 Å². The lowest BCUT2D eigenvalue weighted by atomic mass is 9.78. The number of morpholine rings is 1. The van der Waals surface area contributed by atoms with E-state index in [-0.39, 0.29) is 0 Å². The molecule has 9 nitrogen and oxygen atoms in total. The van der Waals surface area contributed by atoms with E-state index in [2.05, 4.69) is 0 Å². The lowest BCUT2D eigenvalue weighted by Crippen LogP contribution is -2.73. The Morgan fingerprint density at radius 1 is 1.09 bits per heavy atom. The number of nitriles is 1. The van der Waals surface area contributed by atoms with Crippen LogP contribution in [0, 0.1) is 28.4 Å². The second-order valence-corrected chi connectivity index (χ2v) is 8.98. The Morgan fingerprint density at radius 3 is 1.97 bits per heavy atom. The highest BCUT2D eigenvalue weighted by atomic mass is 19.4. The molecule has 174 valence electrons. The van der Waals surface area contributed by atoms with Crippen molar-refractivity contribution >= 4 is 29.3 Å². The number of hydroxylamine groups is 3. The molecule has 5 atom stereocenters. The van der Waals surface area contributed by atoms with Crippen LogP contribution < -0.4 is 4.90 Å². The van der Waals surface area contributed by atoms with Crippen molar-refractivity contribution in [3.8, 4) is 6.07 Å². The monoisotopic (exact) mass is 465 g/mol. The Morgan fingerprint density at radius 2 is 1.58 bits per heavy atom. The van der Waals surface area contributed by atoms with Crippen molar-refractivity contribution in [2.75, 3.05) is 4.90 Å². The Bertz CT molecular complexity index is 1140. The molecular weight excluding hydrogens is 447 g/mol. The second kappa shape index (κ2) is 6.47. The number of halogens is 3. The molecule has 4 rings (SSSR count). The number of carbonyl (C=O) groups is 4. The number of likely N-dealkylation sites (tertiary alicyclic amines) is 1. The highest BCUT2D eigenvalue weighted by Crippen LogP contribution is 2.58. The third kappa shape index (κ3) is 2.58. The first kappa shape index (κ1) is 23.0. The molecule has 0 spiro atoms. The van der Waals surface area contributed by atoms with Crippen LogP contribution >= 0.6 is 0 Å². The lowest BCUT2D eigenvalue weighted by Gasteiger charge is -2.51. The summed E-state index contributed by atoms with van der Waals surface area (Å²) in [6, 6.07) is 2.66. The van der Waals surface area contributed by atoms with Gasteiger partial charge in [0, 0.05) is 0 Å². The van der Waals surface area contributed by atoms with Gasteiger partial charge in [0.1, 0.15) is 0 Å². The Labute approximate surface area is 185 Å². The van der Waals surface area contributed by atoms with Crippen molar-refractivity contribution in [1.29, 1.82) is 5.26 Å². The fraction of sp³-hybridized carbons (Fsp3) is 0.476. The van der Waals surface area contributed by atoms with E-state index in [1.165, 1.54) is 19.9 Å². The molecule has 12 heteroatoms. The van der Waals surface area contributed by atoms with Gasteiger partial charge in [-0.3, -0.25) is 9.59 Å². The Balaban J connectivity index is 1.88. The number of nitrogens with zero attached hydrogens (tertiary/aromatic N) is 3. The number of benzene rings is 1. The minimum Gasteiger partial charge on any atom is -0.617 e. The number of imide groups is 2. The number of hydrogen-bond donors (Lipinski definition) is 0. The molecule has 1 aromatic carbocycles. The predicted octanol–water partition coefficient (Wildman–Crippen LogP) is 2.02. The van der Waals surface area contributed by atoms with Gasteiger partial charge in [-0.2, -0.15) is 18.4 Å². The SMILES string of the molecule is CC(C)[N+]1([O-])C(=O)[C@]2(C)O[C@](C)(C1=O)[C@H]1C(=O)N(c3ccc(C#N)c(C(F)(F)F)c3)C(=O)[C@H]12. The fourth-order valence-electron chi connectivity index (χ4n) is 5.18. The summed E-state index contributed by atoms with van der Waals surface area (Å²) in [5, 5.41) is 22.3. The van der Waals surface area contributed by atoms with Gasteiger partial charge in [0.15, 0.2) is 11.2 Å². The molecule has 2 bridgehead atoms. The summed E-state index contributed by atoms with van der Waals surface area (Å²) in [4.78, 5) is 53.5. The first-order valence-corrected chi connectivity index (χ1v) is 9.95. The standard InChI is InChI=1S/C21H18F3N3O6/c1-9(2)27(32)17(30)19(3)13-14(20(4,33-19)18(27)31)16(29)26(15(13)28)11-6-5-10(8-25)12(7-11)21(22,23)24/h5-7,9,13-14H,1-4H3/t13-,14+,19+,20-,27?. The molecule has 0 aromatic heterocycles. The highest BCUT2D eigenvalue weighted by Gasteiger charge is 2.82. The van der Waals surface area contributed by atoms with E-state index < -0.39 is 80.3 Å². The smallest absolute Gasteiger partial charge is 0.417 e. The number of anilines is 1. The topological polar surface area (TPSA) is 128 Å². The molecule has 4 amide bonds.